The van der Waals surface area contributed by atoms with Crippen LogP contribution in [0.4, 0.5) is 0 Å². The number of rotatable bonds is 7. The highest BCUT2D eigenvalue weighted by Gasteiger charge is 2.27. The zero-order valence-corrected chi connectivity index (χ0v) is 15.5. The van der Waals surface area contributed by atoms with Gasteiger partial charge in [0, 0.05) is 13.1 Å². The van der Waals surface area contributed by atoms with Gasteiger partial charge < -0.3 is 10.6 Å². The van der Waals surface area contributed by atoms with Crippen LogP contribution in [0, 0.1) is 12.8 Å². The molecule has 2 rings (SSSR count). The Labute approximate surface area is 145 Å². The maximum atomic E-state index is 11.6. The van der Waals surface area contributed by atoms with Crippen molar-refractivity contribution in [3.63, 3.8) is 0 Å². The highest BCUT2D eigenvalue weighted by atomic mass is 32.2. The number of nitrogens with zero attached hydrogens (tertiary/aromatic N) is 1. The van der Waals surface area contributed by atoms with E-state index in [9.17, 15) is 8.42 Å². The van der Waals surface area contributed by atoms with Gasteiger partial charge >= 0.3 is 0 Å². The minimum atomic E-state index is -2.82. The Morgan fingerprint density at radius 1 is 1.25 bits per heavy atom. The molecule has 1 aromatic carbocycles. The van der Waals surface area contributed by atoms with Crippen LogP contribution in [0.3, 0.4) is 0 Å². The zero-order valence-electron chi connectivity index (χ0n) is 14.7. The fourth-order valence-corrected chi connectivity index (χ4v) is 4.56. The van der Waals surface area contributed by atoms with Gasteiger partial charge in [-0.05, 0) is 31.2 Å². The lowest BCUT2D eigenvalue weighted by Gasteiger charge is -2.15. The van der Waals surface area contributed by atoms with Gasteiger partial charge in [-0.2, -0.15) is 0 Å². The highest BCUT2D eigenvalue weighted by Crippen LogP contribution is 2.17. The van der Waals surface area contributed by atoms with E-state index in [1.165, 1.54) is 11.1 Å². The van der Waals surface area contributed by atoms with Crippen molar-refractivity contribution in [2.24, 2.45) is 10.9 Å². The second-order valence-electron chi connectivity index (χ2n) is 6.58. The van der Waals surface area contributed by atoms with Gasteiger partial charge in [0.2, 0.25) is 0 Å². The summed E-state index contributed by atoms with van der Waals surface area (Å²) < 4.78 is 23.1. The number of sulfone groups is 1. The van der Waals surface area contributed by atoms with Crippen molar-refractivity contribution in [2.75, 3.05) is 24.6 Å². The molecule has 0 saturated carbocycles. The van der Waals surface area contributed by atoms with Crippen LogP contribution < -0.4 is 10.6 Å². The molecule has 0 bridgehead atoms. The normalized spacial score (nSPS) is 20.1. The first-order valence-corrected chi connectivity index (χ1v) is 10.6. The lowest BCUT2D eigenvalue weighted by molar-refractivity contribution is 0.565. The van der Waals surface area contributed by atoms with Crippen LogP contribution in [-0.4, -0.2) is 39.0 Å². The molecule has 6 heteroatoms. The molecule has 0 radical (unpaired) electrons. The van der Waals surface area contributed by atoms with Crippen LogP contribution in [0.15, 0.2) is 29.3 Å². The summed E-state index contributed by atoms with van der Waals surface area (Å²) in [6, 6.07) is 8.36. The van der Waals surface area contributed by atoms with Crippen molar-refractivity contribution in [3.8, 4) is 0 Å². The lowest BCUT2D eigenvalue weighted by Crippen LogP contribution is -2.40. The molecule has 0 aliphatic carbocycles. The van der Waals surface area contributed by atoms with E-state index in [0.717, 1.165) is 31.8 Å². The van der Waals surface area contributed by atoms with E-state index in [2.05, 4.69) is 53.7 Å². The number of unbranched alkanes of at least 4 members (excludes halogenated alkanes) is 1. The number of aliphatic imine (C=N–C) groups is 1. The Balaban J connectivity index is 1.90. The molecule has 1 heterocycles. The van der Waals surface area contributed by atoms with Gasteiger partial charge in [0.25, 0.3) is 0 Å². The number of nitrogens with one attached hydrogen (secondary N) is 2. The Hall–Kier alpha value is -1.56. The second kappa shape index (κ2) is 9.06. The molecule has 1 aliphatic rings. The maximum Gasteiger partial charge on any atom is 0.191 e. The first-order chi connectivity index (χ1) is 11.5. The summed E-state index contributed by atoms with van der Waals surface area (Å²) >= 11 is 0. The van der Waals surface area contributed by atoms with Crippen LogP contribution in [0.5, 0.6) is 0 Å². The number of aryl methyl sites for hydroxylation is 1. The second-order valence-corrected chi connectivity index (χ2v) is 8.81. The summed E-state index contributed by atoms with van der Waals surface area (Å²) in [7, 11) is -2.82. The van der Waals surface area contributed by atoms with Crippen LogP contribution in [-0.2, 0) is 16.4 Å². The van der Waals surface area contributed by atoms with Gasteiger partial charge in [0.05, 0.1) is 18.1 Å². The predicted octanol–water partition coefficient (Wildman–Crippen LogP) is 2.27. The first kappa shape index (κ1) is 18.8. The maximum absolute atomic E-state index is 11.6. The Kier molecular flexibility index (Phi) is 7.09. The monoisotopic (exact) mass is 351 g/mol. The van der Waals surface area contributed by atoms with Gasteiger partial charge in [0.15, 0.2) is 15.8 Å². The van der Waals surface area contributed by atoms with Crippen LogP contribution in [0.25, 0.3) is 0 Å². The SMILES string of the molecule is CCCCNC(=NCc1ccc(C)cc1)NCC1CCS(=O)(=O)C1. The standard InChI is InChI=1S/C18H29N3O2S/c1-3-4-10-19-18(20-12-16-7-5-15(2)6-8-16)21-13-17-9-11-24(22,23)14-17/h5-8,17H,3-4,9-14H2,1-2H3,(H2,19,20,21). The summed E-state index contributed by atoms with van der Waals surface area (Å²) in [6.45, 7) is 6.37. The minimum Gasteiger partial charge on any atom is -0.356 e. The Morgan fingerprint density at radius 2 is 2.00 bits per heavy atom. The Bertz CT molecular complexity index is 639. The summed E-state index contributed by atoms with van der Waals surface area (Å²) in [6.07, 6.45) is 2.96. The summed E-state index contributed by atoms with van der Waals surface area (Å²) in [5, 5.41) is 6.65. The van der Waals surface area contributed by atoms with E-state index < -0.39 is 9.84 Å². The fraction of sp³-hybridized carbons (Fsp3) is 0.611. The molecule has 0 amide bonds. The first-order valence-electron chi connectivity index (χ1n) is 8.76. The van der Waals surface area contributed by atoms with E-state index in [4.69, 9.17) is 0 Å². The third kappa shape index (κ3) is 6.51. The molecule has 0 spiro atoms. The van der Waals surface area contributed by atoms with Crippen molar-refractivity contribution in [1.29, 1.82) is 0 Å². The molecular weight excluding hydrogens is 322 g/mol. The molecule has 1 atom stereocenters. The minimum absolute atomic E-state index is 0.188. The summed E-state index contributed by atoms with van der Waals surface area (Å²) in [4.78, 5) is 4.64. The van der Waals surface area contributed by atoms with Crippen LogP contribution >= 0.6 is 0 Å². The van der Waals surface area contributed by atoms with Crippen LogP contribution in [0.1, 0.15) is 37.3 Å². The van der Waals surface area contributed by atoms with Gasteiger partial charge in [-0.1, -0.05) is 43.2 Å². The topological polar surface area (TPSA) is 70.6 Å². The van der Waals surface area contributed by atoms with Gasteiger partial charge in [0.1, 0.15) is 0 Å². The molecule has 24 heavy (non-hydrogen) atoms. The third-order valence-electron chi connectivity index (χ3n) is 4.25. The number of hydrogen-bond acceptors (Lipinski definition) is 3. The molecular formula is C18H29N3O2S. The molecule has 0 aromatic heterocycles. The van der Waals surface area contributed by atoms with Crippen molar-refractivity contribution >= 4 is 15.8 Å². The molecule has 1 saturated heterocycles. The molecule has 1 fully saturated rings. The zero-order chi connectivity index (χ0) is 17.4. The molecule has 1 aromatic rings. The van der Waals surface area contributed by atoms with E-state index in [0.29, 0.717) is 24.6 Å². The average molecular weight is 352 g/mol. The summed E-state index contributed by atoms with van der Waals surface area (Å²) in [5.41, 5.74) is 2.41. The quantitative estimate of drug-likeness (QED) is 0.449. The largest absolute Gasteiger partial charge is 0.356 e. The van der Waals surface area contributed by atoms with E-state index >= 15 is 0 Å². The fourth-order valence-electron chi connectivity index (χ4n) is 2.70. The highest BCUT2D eigenvalue weighted by molar-refractivity contribution is 7.91. The molecule has 134 valence electrons. The number of benzene rings is 1. The smallest absolute Gasteiger partial charge is 0.191 e. The Morgan fingerprint density at radius 3 is 2.62 bits per heavy atom. The molecule has 5 nitrogen and oxygen atoms in total. The lowest BCUT2D eigenvalue weighted by atomic mass is 10.1. The van der Waals surface area contributed by atoms with Crippen LogP contribution in [0.2, 0.25) is 0 Å². The van der Waals surface area contributed by atoms with Crippen molar-refractivity contribution in [2.45, 2.75) is 39.7 Å². The predicted molar refractivity (Wildman–Crippen MR) is 100.0 cm³/mol. The number of hydrogen-bond donors (Lipinski definition) is 2. The van der Waals surface area contributed by atoms with Gasteiger partial charge in [-0.15, -0.1) is 0 Å². The van der Waals surface area contributed by atoms with Crippen molar-refractivity contribution in [1.82, 2.24) is 10.6 Å². The molecule has 1 unspecified atom stereocenters. The van der Waals surface area contributed by atoms with Gasteiger partial charge in [-0.25, -0.2) is 13.4 Å². The van der Waals surface area contributed by atoms with Crippen molar-refractivity contribution in [3.05, 3.63) is 35.4 Å². The van der Waals surface area contributed by atoms with E-state index in [-0.39, 0.29) is 5.92 Å². The van der Waals surface area contributed by atoms with E-state index in [1.807, 2.05) is 0 Å². The van der Waals surface area contributed by atoms with Crippen molar-refractivity contribution < 1.29 is 8.42 Å². The average Bonchev–Trinajstić information content (AvgIpc) is 2.90. The number of guanidine groups is 1. The molecule has 1 aliphatic heterocycles. The van der Waals surface area contributed by atoms with Gasteiger partial charge in [-0.3, -0.25) is 0 Å². The molecule has 2 N–H and O–H groups in total. The summed E-state index contributed by atoms with van der Waals surface area (Å²) in [5.74, 6) is 1.57. The third-order valence-corrected chi connectivity index (χ3v) is 6.09. The van der Waals surface area contributed by atoms with E-state index in [1.54, 1.807) is 0 Å².